The van der Waals surface area contributed by atoms with E-state index in [2.05, 4.69) is 46.0 Å². The van der Waals surface area contributed by atoms with Gasteiger partial charge in [0.1, 0.15) is 0 Å². The van der Waals surface area contributed by atoms with Crippen molar-refractivity contribution in [2.45, 2.75) is 45.4 Å². The minimum Gasteiger partial charge on any atom is -0.356 e. The van der Waals surface area contributed by atoms with E-state index < -0.39 is 0 Å². The zero-order chi connectivity index (χ0) is 18.1. The van der Waals surface area contributed by atoms with Crippen LogP contribution in [0.5, 0.6) is 0 Å². The Hall–Kier alpha value is -0.810. The Morgan fingerprint density at radius 3 is 2.60 bits per heavy atom. The number of nitrogens with one attached hydrogen (secondary N) is 1. The first-order chi connectivity index (χ1) is 12.1. The number of likely N-dealkylation sites (N-methyl/N-ethyl adjacent to an activating group) is 1. The van der Waals surface area contributed by atoms with Crippen LogP contribution in [0.15, 0.2) is 4.99 Å². The van der Waals surface area contributed by atoms with E-state index in [9.17, 15) is 0 Å². The summed E-state index contributed by atoms with van der Waals surface area (Å²) in [6.07, 6.45) is 8.05. The largest absolute Gasteiger partial charge is 0.356 e. The van der Waals surface area contributed by atoms with Crippen LogP contribution < -0.4 is 5.32 Å². The van der Waals surface area contributed by atoms with Gasteiger partial charge >= 0.3 is 0 Å². The van der Waals surface area contributed by atoms with Crippen LogP contribution in [0, 0.1) is 11.8 Å². The highest BCUT2D eigenvalue weighted by Crippen LogP contribution is 2.28. The summed E-state index contributed by atoms with van der Waals surface area (Å²) in [6, 6.07) is 0. The summed E-state index contributed by atoms with van der Waals surface area (Å²) in [7, 11) is 6.34. The predicted molar refractivity (Wildman–Crippen MR) is 108 cm³/mol. The first kappa shape index (κ1) is 20.5. The molecular formula is C20H41N5. The molecule has 0 bridgehead atoms. The fourth-order valence-corrected chi connectivity index (χ4v) is 4.20. The molecule has 0 aromatic heterocycles. The van der Waals surface area contributed by atoms with Gasteiger partial charge < -0.3 is 20.0 Å². The maximum absolute atomic E-state index is 4.49. The second-order valence-electron chi connectivity index (χ2n) is 8.33. The number of rotatable bonds is 6. The van der Waals surface area contributed by atoms with Gasteiger partial charge in [-0.05, 0) is 64.2 Å². The van der Waals surface area contributed by atoms with Crippen LogP contribution in [0.4, 0.5) is 0 Å². The molecule has 0 unspecified atom stereocenters. The third-order valence-corrected chi connectivity index (χ3v) is 5.99. The van der Waals surface area contributed by atoms with Crippen molar-refractivity contribution in [2.24, 2.45) is 16.8 Å². The molecule has 1 saturated heterocycles. The van der Waals surface area contributed by atoms with Crippen molar-refractivity contribution in [3.8, 4) is 0 Å². The van der Waals surface area contributed by atoms with E-state index in [4.69, 9.17) is 0 Å². The number of nitrogens with zero attached hydrogens (tertiary/aromatic N) is 4. The van der Waals surface area contributed by atoms with Gasteiger partial charge in [0.15, 0.2) is 5.96 Å². The minimum absolute atomic E-state index is 0.842. The number of guanidine groups is 1. The Morgan fingerprint density at radius 1 is 1.12 bits per heavy atom. The molecule has 0 radical (unpaired) electrons. The van der Waals surface area contributed by atoms with Crippen LogP contribution in [-0.4, -0.2) is 87.6 Å². The lowest BCUT2D eigenvalue weighted by molar-refractivity contribution is 0.249. The number of aliphatic imine (C=N–C) groups is 1. The highest BCUT2D eigenvalue weighted by molar-refractivity contribution is 5.79. The average molecular weight is 352 g/mol. The lowest BCUT2D eigenvalue weighted by Gasteiger charge is -2.31. The average Bonchev–Trinajstić information content (AvgIpc) is 2.81. The Kier molecular flexibility index (Phi) is 9.04. The predicted octanol–water partition coefficient (Wildman–Crippen LogP) is 2.35. The first-order valence-electron chi connectivity index (χ1n) is 10.4. The smallest absolute Gasteiger partial charge is 0.193 e. The van der Waals surface area contributed by atoms with E-state index in [1.807, 2.05) is 7.05 Å². The fourth-order valence-electron chi connectivity index (χ4n) is 4.20. The van der Waals surface area contributed by atoms with E-state index in [1.165, 1.54) is 71.2 Å². The molecule has 146 valence electrons. The first-order valence-corrected chi connectivity index (χ1v) is 10.4. The summed E-state index contributed by atoms with van der Waals surface area (Å²) in [5, 5.41) is 3.57. The zero-order valence-electron chi connectivity index (χ0n) is 17.1. The van der Waals surface area contributed by atoms with Crippen molar-refractivity contribution < 1.29 is 0 Å². The van der Waals surface area contributed by atoms with Gasteiger partial charge in [-0.1, -0.05) is 19.8 Å². The van der Waals surface area contributed by atoms with Gasteiger partial charge in [0, 0.05) is 40.3 Å². The summed E-state index contributed by atoms with van der Waals surface area (Å²) in [5.41, 5.74) is 0. The third-order valence-electron chi connectivity index (χ3n) is 5.99. The molecule has 1 aliphatic carbocycles. The lowest BCUT2D eigenvalue weighted by atomic mass is 9.83. The Labute approximate surface area is 155 Å². The molecule has 2 fully saturated rings. The third kappa shape index (κ3) is 7.53. The molecule has 0 amide bonds. The zero-order valence-corrected chi connectivity index (χ0v) is 17.1. The monoisotopic (exact) mass is 351 g/mol. The Morgan fingerprint density at radius 2 is 1.88 bits per heavy atom. The van der Waals surface area contributed by atoms with Crippen LogP contribution in [0.2, 0.25) is 0 Å². The molecule has 2 rings (SSSR count). The SMILES string of the molecule is CN=C(NCCCN1CCCN(C)CC1)N(C)CC1CCC(C)CC1. The lowest BCUT2D eigenvalue weighted by Crippen LogP contribution is -2.42. The Bertz CT molecular complexity index is 390. The van der Waals surface area contributed by atoms with Gasteiger partial charge in [0.25, 0.3) is 0 Å². The van der Waals surface area contributed by atoms with Gasteiger partial charge in [-0.3, -0.25) is 4.99 Å². The molecule has 5 heteroatoms. The summed E-state index contributed by atoms with van der Waals surface area (Å²) < 4.78 is 0. The quantitative estimate of drug-likeness (QED) is 0.452. The van der Waals surface area contributed by atoms with E-state index in [0.29, 0.717) is 0 Å². The van der Waals surface area contributed by atoms with Crippen molar-refractivity contribution >= 4 is 5.96 Å². The summed E-state index contributed by atoms with van der Waals surface area (Å²) >= 11 is 0. The van der Waals surface area contributed by atoms with Crippen molar-refractivity contribution in [3.63, 3.8) is 0 Å². The molecule has 1 heterocycles. The van der Waals surface area contributed by atoms with Crippen LogP contribution in [0.3, 0.4) is 0 Å². The number of hydrogen-bond acceptors (Lipinski definition) is 3. The van der Waals surface area contributed by atoms with E-state index >= 15 is 0 Å². The van der Waals surface area contributed by atoms with Crippen LogP contribution in [0.1, 0.15) is 45.4 Å². The molecule has 0 aromatic carbocycles. The summed E-state index contributed by atoms with van der Waals surface area (Å²) in [6.45, 7) is 10.7. The van der Waals surface area contributed by atoms with Crippen molar-refractivity contribution in [2.75, 3.05) is 67.0 Å². The molecule has 0 spiro atoms. The molecule has 0 atom stereocenters. The van der Waals surface area contributed by atoms with Gasteiger partial charge in [-0.15, -0.1) is 0 Å². The summed E-state index contributed by atoms with van der Waals surface area (Å²) in [5.74, 6) is 2.83. The standard InChI is InChI=1S/C20H41N5/c1-18-7-9-19(10-8-18)17-24(4)20(21-2)22-11-5-13-25-14-6-12-23(3)15-16-25/h18-19H,5-17H2,1-4H3,(H,21,22). The van der Waals surface area contributed by atoms with Crippen molar-refractivity contribution in [1.29, 1.82) is 0 Å². The highest BCUT2D eigenvalue weighted by atomic mass is 15.3. The van der Waals surface area contributed by atoms with E-state index in [0.717, 1.165) is 30.9 Å². The van der Waals surface area contributed by atoms with E-state index in [1.54, 1.807) is 0 Å². The second kappa shape index (κ2) is 11.0. The molecule has 1 aliphatic heterocycles. The summed E-state index contributed by atoms with van der Waals surface area (Å²) in [4.78, 5) is 11.9. The van der Waals surface area contributed by atoms with Crippen molar-refractivity contribution in [1.82, 2.24) is 20.0 Å². The van der Waals surface area contributed by atoms with Gasteiger partial charge in [0.05, 0.1) is 0 Å². The highest BCUT2D eigenvalue weighted by Gasteiger charge is 2.20. The molecule has 1 saturated carbocycles. The topological polar surface area (TPSA) is 34.1 Å². The number of hydrogen-bond donors (Lipinski definition) is 1. The van der Waals surface area contributed by atoms with Crippen LogP contribution in [-0.2, 0) is 0 Å². The van der Waals surface area contributed by atoms with Gasteiger partial charge in [0.2, 0.25) is 0 Å². The second-order valence-corrected chi connectivity index (χ2v) is 8.33. The molecule has 5 nitrogen and oxygen atoms in total. The Balaban J connectivity index is 1.62. The van der Waals surface area contributed by atoms with Gasteiger partial charge in [-0.2, -0.15) is 0 Å². The molecule has 1 N–H and O–H groups in total. The molecule has 25 heavy (non-hydrogen) atoms. The molecule has 0 aromatic rings. The molecular weight excluding hydrogens is 310 g/mol. The molecule has 2 aliphatic rings. The van der Waals surface area contributed by atoms with Crippen molar-refractivity contribution in [3.05, 3.63) is 0 Å². The maximum Gasteiger partial charge on any atom is 0.193 e. The van der Waals surface area contributed by atoms with Crippen LogP contribution >= 0.6 is 0 Å². The minimum atomic E-state index is 0.842. The maximum atomic E-state index is 4.49. The van der Waals surface area contributed by atoms with Gasteiger partial charge in [-0.25, -0.2) is 0 Å². The normalized spacial score (nSPS) is 27.1. The fraction of sp³-hybridized carbons (Fsp3) is 0.950. The van der Waals surface area contributed by atoms with Crippen LogP contribution in [0.25, 0.3) is 0 Å². The van der Waals surface area contributed by atoms with E-state index in [-0.39, 0.29) is 0 Å².